The van der Waals surface area contributed by atoms with Gasteiger partial charge in [0.25, 0.3) is 10.0 Å². The summed E-state index contributed by atoms with van der Waals surface area (Å²) >= 11 is 1.31. The van der Waals surface area contributed by atoms with Gasteiger partial charge < -0.3 is 14.4 Å². The number of thioether (sulfide) groups is 1. The average Bonchev–Trinajstić information content (AvgIpc) is 3.25. The second-order valence-corrected chi connectivity index (χ2v) is 11.1. The summed E-state index contributed by atoms with van der Waals surface area (Å²) in [5, 5.41) is 10.3. The molecule has 0 aliphatic heterocycles. The predicted molar refractivity (Wildman–Crippen MR) is 147 cm³/mol. The lowest BCUT2D eigenvalue weighted by Crippen LogP contribution is -2.31. The Kier molecular flexibility index (Phi) is 10.4. The fourth-order valence-electron chi connectivity index (χ4n) is 3.94. The van der Waals surface area contributed by atoms with E-state index in [0.29, 0.717) is 35.5 Å². The van der Waals surface area contributed by atoms with Gasteiger partial charge in [-0.25, -0.2) is 27.7 Å². The summed E-state index contributed by atoms with van der Waals surface area (Å²) in [5.74, 6) is -0.299. The fourth-order valence-corrected chi connectivity index (χ4v) is 5.64. The van der Waals surface area contributed by atoms with Gasteiger partial charge in [-0.15, -0.1) is 11.8 Å². The highest BCUT2D eigenvalue weighted by atomic mass is 32.2. The molecule has 9 nitrogen and oxygen atoms in total. The number of sulfonamides is 1. The van der Waals surface area contributed by atoms with Crippen LogP contribution in [-0.2, 0) is 27.7 Å². The van der Waals surface area contributed by atoms with Gasteiger partial charge in [-0.3, -0.25) is 0 Å². The van der Waals surface area contributed by atoms with Crippen LogP contribution in [0.15, 0.2) is 58.5 Å². The van der Waals surface area contributed by atoms with Crippen molar-refractivity contribution in [1.29, 1.82) is 0 Å². The summed E-state index contributed by atoms with van der Waals surface area (Å²) in [7, 11) is -4.17. The molecule has 0 unspecified atom stereocenters. The molecule has 0 spiro atoms. The standard InChI is InChI=1S/C27H33N3O6S2/c1-4-6-12-23-28-25(37-3)24(26(31)32)30(23)18-19-13-15-20(16-14-19)21-10-8-9-11-22(21)38(34,35)29-27(33)36-17-7-5-2/h8-11,13-16H,4-7,12,17-18H2,1-3H3,(H,29,33)(H,31,32). The minimum atomic E-state index is -4.17. The van der Waals surface area contributed by atoms with Crippen LogP contribution in [0.5, 0.6) is 0 Å². The second-order valence-electron chi connectivity index (χ2n) is 8.67. The molecule has 3 aromatic rings. The fraction of sp³-hybridized carbons (Fsp3) is 0.370. The molecule has 0 aliphatic carbocycles. The van der Waals surface area contributed by atoms with Crippen LogP contribution >= 0.6 is 11.8 Å². The summed E-state index contributed by atoms with van der Waals surface area (Å²) in [6.45, 7) is 4.47. The van der Waals surface area contributed by atoms with E-state index in [-0.39, 0.29) is 17.2 Å². The number of carbonyl (C=O) groups is 2. The van der Waals surface area contributed by atoms with Crippen molar-refractivity contribution in [2.24, 2.45) is 0 Å². The summed E-state index contributed by atoms with van der Waals surface area (Å²) < 4.78 is 34.6. The lowest BCUT2D eigenvalue weighted by molar-refractivity contribution is 0.0681. The topological polar surface area (TPSA) is 128 Å². The largest absolute Gasteiger partial charge is 0.476 e. The number of ether oxygens (including phenoxy) is 1. The third-order valence-corrected chi connectivity index (χ3v) is 7.94. The highest BCUT2D eigenvalue weighted by molar-refractivity contribution is 7.98. The third kappa shape index (κ3) is 7.16. The van der Waals surface area contributed by atoms with Crippen molar-refractivity contribution < 1.29 is 27.9 Å². The van der Waals surface area contributed by atoms with E-state index in [1.165, 1.54) is 17.8 Å². The second kappa shape index (κ2) is 13.5. The van der Waals surface area contributed by atoms with Gasteiger partial charge >= 0.3 is 12.1 Å². The Balaban J connectivity index is 1.88. The maximum absolute atomic E-state index is 13.0. The molecular formula is C27H33N3O6S2. The van der Waals surface area contributed by atoms with E-state index in [4.69, 9.17) is 4.74 Å². The summed E-state index contributed by atoms with van der Waals surface area (Å²) in [6, 6.07) is 13.6. The maximum atomic E-state index is 13.0. The number of hydrogen-bond acceptors (Lipinski definition) is 7. The van der Waals surface area contributed by atoms with E-state index >= 15 is 0 Å². The molecule has 0 saturated heterocycles. The first kappa shape index (κ1) is 29.2. The number of aromatic carboxylic acids is 1. The van der Waals surface area contributed by atoms with Gasteiger partial charge in [0.2, 0.25) is 0 Å². The first-order valence-electron chi connectivity index (χ1n) is 12.5. The zero-order valence-electron chi connectivity index (χ0n) is 21.8. The van der Waals surface area contributed by atoms with Gasteiger partial charge in [0, 0.05) is 18.5 Å². The molecular weight excluding hydrogens is 526 g/mol. The number of carboxylic acid groups (broad SMARTS) is 1. The van der Waals surface area contributed by atoms with Gasteiger partial charge in [-0.2, -0.15) is 0 Å². The van der Waals surface area contributed by atoms with Gasteiger partial charge in [0.15, 0.2) is 5.69 Å². The molecule has 0 bridgehead atoms. The minimum absolute atomic E-state index is 0.0468. The molecule has 0 fully saturated rings. The molecule has 204 valence electrons. The quantitative estimate of drug-likeness (QED) is 0.205. The number of nitrogens with zero attached hydrogens (tertiary/aromatic N) is 2. The van der Waals surface area contributed by atoms with Crippen LogP contribution in [0.25, 0.3) is 11.1 Å². The number of imidazole rings is 1. The number of benzene rings is 2. The lowest BCUT2D eigenvalue weighted by atomic mass is 10.0. The third-order valence-electron chi connectivity index (χ3n) is 5.90. The molecule has 1 heterocycles. The number of hydrogen-bond donors (Lipinski definition) is 2. The summed E-state index contributed by atoms with van der Waals surface area (Å²) in [5.41, 5.74) is 2.07. The van der Waals surface area contributed by atoms with Crippen molar-refractivity contribution in [2.45, 2.75) is 62.4 Å². The highest BCUT2D eigenvalue weighted by Crippen LogP contribution is 2.29. The zero-order valence-corrected chi connectivity index (χ0v) is 23.4. The van der Waals surface area contributed by atoms with Crippen LogP contribution in [0.3, 0.4) is 0 Å². The number of amides is 1. The predicted octanol–water partition coefficient (Wildman–Crippen LogP) is 5.58. The van der Waals surface area contributed by atoms with E-state index in [1.807, 2.05) is 30.0 Å². The Bertz CT molecular complexity index is 1370. The Labute approximate surface area is 227 Å². The number of nitrogens with one attached hydrogen (secondary N) is 1. The molecule has 2 N–H and O–H groups in total. The Morgan fingerprint density at radius 1 is 1.05 bits per heavy atom. The minimum Gasteiger partial charge on any atom is -0.476 e. The maximum Gasteiger partial charge on any atom is 0.421 e. The van der Waals surface area contributed by atoms with Crippen LogP contribution < -0.4 is 4.72 Å². The van der Waals surface area contributed by atoms with Crippen LogP contribution in [0.1, 0.15) is 61.4 Å². The van der Waals surface area contributed by atoms with Crippen molar-refractivity contribution >= 4 is 33.8 Å². The zero-order chi connectivity index (χ0) is 27.7. The van der Waals surface area contributed by atoms with Crippen LogP contribution in [-0.4, -0.2) is 48.0 Å². The van der Waals surface area contributed by atoms with Crippen molar-refractivity contribution in [1.82, 2.24) is 14.3 Å². The van der Waals surface area contributed by atoms with Gasteiger partial charge in [-0.05, 0) is 36.3 Å². The molecule has 11 heteroatoms. The molecule has 0 atom stereocenters. The van der Waals surface area contributed by atoms with E-state index in [9.17, 15) is 23.1 Å². The van der Waals surface area contributed by atoms with E-state index < -0.39 is 22.1 Å². The first-order chi connectivity index (χ1) is 18.2. The van der Waals surface area contributed by atoms with Crippen molar-refractivity contribution in [3.05, 3.63) is 65.6 Å². The van der Waals surface area contributed by atoms with Crippen LogP contribution in [0.2, 0.25) is 0 Å². The molecule has 3 rings (SSSR count). The smallest absolute Gasteiger partial charge is 0.421 e. The molecule has 0 radical (unpaired) electrons. The van der Waals surface area contributed by atoms with Crippen molar-refractivity contribution in [3.8, 4) is 11.1 Å². The lowest BCUT2D eigenvalue weighted by Gasteiger charge is -2.13. The molecule has 0 saturated carbocycles. The molecule has 38 heavy (non-hydrogen) atoms. The summed E-state index contributed by atoms with van der Waals surface area (Å²) in [4.78, 5) is 28.6. The van der Waals surface area contributed by atoms with Crippen molar-refractivity contribution in [3.63, 3.8) is 0 Å². The number of unbranched alkanes of at least 4 members (excludes halogenated alkanes) is 2. The van der Waals surface area contributed by atoms with Crippen LogP contribution in [0, 0.1) is 0 Å². The number of carbonyl (C=O) groups excluding carboxylic acids is 1. The molecule has 1 amide bonds. The van der Waals surface area contributed by atoms with Gasteiger partial charge in [0.05, 0.1) is 11.5 Å². The van der Waals surface area contributed by atoms with E-state index in [1.54, 1.807) is 34.9 Å². The molecule has 0 aliphatic rings. The Morgan fingerprint density at radius 2 is 1.74 bits per heavy atom. The number of carboxylic acids is 1. The molecule has 2 aromatic carbocycles. The highest BCUT2D eigenvalue weighted by Gasteiger charge is 2.24. The van der Waals surface area contributed by atoms with Crippen molar-refractivity contribution in [2.75, 3.05) is 12.9 Å². The first-order valence-corrected chi connectivity index (χ1v) is 15.2. The average molecular weight is 560 g/mol. The Morgan fingerprint density at radius 3 is 2.37 bits per heavy atom. The Hall–Kier alpha value is -3.31. The van der Waals surface area contributed by atoms with Crippen LogP contribution in [0.4, 0.5) is 4.79 Å². The van der Waals surface area contributed by atoms with E-state index in [2.05, 4.69) is 11.9 Å². The number of aryl methyl sites for hydroxylation is 1. The number of rotatable bonds is 13. The monoisotopic (exact) mass is 559 g/mol. The molecule has 1 aromatic heterocycles. The van der Waals surface area contributed by atoms with E-state index in [0.717, 1.165) is 30.7 Å². The number of aromatic nitrogens is 2. The normalized spacial score (nSPS) is 11.3. The summed E-state index contributed by atoms with van der Waals surface area (Å²) in [6.07, 6.45) is 4.79. The SMILES string of the molecule is CCCCOC(=O)NS(=O)(=O)c1ccccc1-c1ccc(Cn2c(CCCC)nc(SC)c2C(=O)O)cc1. The van der Waals surface area contributed by atoms with Gasteiger partial charge in [0.1, 0.15) is 10.9 Å². The van der Waals surface area contributed by atoms with Gasteiger partial charge in [-0.1, -0.05) is 69.2 Å².